The number of carboxylic acid groups (broad SMARTS) is 1. The largest absolute Gasteiger partial charge is 0.480 e. The van der Waals surface area contributed by atoms with E-state index in [1.807, 2.05) is 0 Å². The molecular formula is C14H19FN2O2. The molecule has 104 valence electrons. The lowest BCUT2D eigenvalue weighted by molar-refractivity contribution is -0.136. The first-order valence-electron chi connectivity index (χ1n) is 6.55. The van der Waals surface area contributed by atoms with Crippen molar-refractivity contribution in [3.05, 3.63) is 35.6 Å². The van der Waals surface area contributed by atoms with Crippen LogP contribution in [0.3, 0.4) is 0 Å². The molecule has 2 N–H and O–H groups in total. The van der Waals surface area contributed by atoms with Gasteiger partial charge in [0.15, 0.2) is 0 Å². The van der Waals surface area contributed by atoms with Crippen LogP contribution in [0.5, 0.6) is 0 Å². The molecule has 5 heteroatoms. The van der Waals surface area contributed by atoms with Crippen LogP contribution < -0.4 is 5.32 Å². The van der Waals surface area contributed by atoms with Gasteiger partial charge in [0.2, 0.25) is 0 Å². The molecule has 0 radical (unpaired) electrons. The molecule has 0 amide bonds. The van der Waals surface area contributed by atoms with Crippen LogP contribution in [0.15, 0.2) is 24.3 Å². The van der Waals surface area contributed by atoms with E-state index in [4.69, 9.17) is 5.11 Å². The number of nitrogens with one attached hydrogen (secondary N) is 1. The average molecular weight is 266 g/mol. The fourth-order valence-electron chi connectivity index (χ4n) is 2.45. The normalized spacial score (nSPS) is 20.4. The average Bonchev–Trinajstić information content (AvgIpc) is 2.40. The summed E-state index contributed by atoms with van der Waals surface area (Å²) in [6.45, 7) is 2.63. The third kappa shape index (κ3) is 4.61. The summed E-state index contributed by atoms with van der Waals surface area (Å²) in [5.74, 6) is -1.04. The van der Waals surface area contributed by atoms with Crippen molar-refractivity contribution in [2.45, 2.75) is 25.4 Å². The molecule has 0 bridgehead atoms. The van der Waals surface area contributed by atoms with Gasteiger partial charge in [-0.15, -0.1) is 0 Å². The Morgan fingerprint density at radius 2 is 2.16 bits per heavy atom. The van der Waals surface area contributed by atoms with E-state index in [1.165, 1.54) is 12.1 Å². The highest BCUT2D eigenvalue weighted by molar-refractivity contribution is 5.69. The van der Waals surface area contributed by atoms with Crippen molar-refractivity contribution < 1.29 is 14.3 Å². The number of carboxylic acids is 1. The molecule has 1 aliphatic heterocycles. The highest BCUT2D eigenvalue weighted by atomic mass is 19.1. The van der Waals surface area contributed by atoms with E-state index in [-0.39, 0.29) is 18.4 Å². The van der Waals surface area contributed by atoms with E-state index in [0.29, 0.717) is 0 Å². The van der Waals surface area contributed by atoms with Crippen LogP contribution in [-0.4, -0.2) is 41.7 Å². The number of aliphatic carboxylic acids is 1. The molecule has 1 unspecified atom stereocenters. The number of piperidine rings is 1. The van der Waals surface area contributed by atoms with E-state index >= 15 is 0 Å². The summed E-state index contributed by atoms with van der Waals surface area (Å²) >= 11 is 0. The number of halogens is 1. The summed E-state index contributed by atoms with van der Waals surface area (Å²) in [4.78, 5) is 12.8. The van der Waals surface area contributed by atoms with Gasteiger partial charge in [0.05, 0.1) is 6.54 Å². The third-order valence-electron chi connectivity index (χ3n) is 3.37. The zero-order valence-corrected chi connectivity index (χ0v) is 10.8. The van der Waals surface area contributed by atoms with E-state index in [9.17, 15) is 9.18 Å². The molecule has 1 heterocycles. The maximum absolute atomic E-state index is 12.8. The molecule has 4 nitrogen and oxygen atoms in total. The van der Waals surface area contributed by atoms with Gasteiger partial charge in [-0.1, -0.05) is 12.1 Å². The number of carbonyl (C=O) groups is 1. The minimum Gasteiger partial charge on any atom is -0.480 e. The highest BCUT2D eigenvalue weighted by Crippen LogP contribution is 2.14. The SMILES string of the molecule is O=C(O)CNC1CCCN(Cc2ccc(F)cc2)C1. The first kappa shape index (κ1) is 14.0. The van der Waals surface area contributed by atoms with Crippen LogP contribution in [0.1, 0.15) is 18.4 Å². The summed E-state index contributed by atoms with van der Waals surface area (Å²) in [6.07, 6.45) is 2.06. The predicted octanol–water partition coefficient (Wildman–Crippen LogP) is 1.46. The monoisotopic (exact) mass is 266 g/mol. The van der Waals surface area contributed by atoms with Crippen molar-refractivity contribution in [2.24, 2.45) is 0 Å². The van der Waals surface area contributed by atoms with E-state index in [1.54, 1.807) is 12.1 Å². The molecule has 0 spiro atoms. The first-order valence-corrected chi connectivity index (χ1v) is 6.55. The summed E-state index contributed by atoms with van der Waals surface area (Å²) in [5, 5.41) is 11.7. The van der Waals surface area contributed by atoms with Gasteiger partial charge in [0.25, 0.3) is 0 Å². The van der Waals surface area contributed by atoms with Gasteiger partial charge in [-0.25, -0.2) is 4.39 Å². The number of nitrogens with zero attached hydrogens (tertiary/aromatic N) is 1. The Morgan fingerprint density at radius 1 is 1.42 bits per heavy atom. The topological polar surface area (TPSA) is 52.6 Å². The molecule has 2 rings (SSSR count). The fraction of sp³-hybridized carbons (Fsp3) is 0.500. The van der Waals surface area contributed by atoms with Crippen molar-refractivity contribution in [3.8, 4) is 0 Å². The Morgan fingerprint density at radius 3 is 2.84 bits per heavy atom. The van der Waals surface area contributed by atoms with Gasteiger partial charge < -0.3 is 10.4 Å². The molecule has 0 saturated carbocycles. The molecule has 1 saturated heterocycles. The number of hydrogen-bond donors (Lipinski definition) is 2. The van der Waals surface area contributed by atoms with Crippen LogP contribution in [0.2, 0.25) is 0 Å². The van der Waals surface area contributed by atoms with E-state index < -0.39 is 5.97 Å². The quantitative estimate of drug-likeness (QED) is 0.847. The summed E-state index contributed by atoms with van der Waals surface area (Å²) < 4.78 is 12.8. The Balaban J connectivity index is 1.83. The van der Waals surface area contributed by atoms with E-state index in [2.05, 4.69) is 10.2 Å². The van der Waals surface area contributed by atoms with Crippen molar-refractivity contribution in [2.75, 3.05) is 19.6 Å². The fourth-order valence-corrected chi connectivity index (χ4v) is 2.45. The molecule has 19 heavy (non-hydrogen) atoms. The first-order chi connectivity index (χ1) is 9.13. The van der Waals surface area contributed by atoms with Crippen molar-refractivity contribution in [3.63, 3.8) is 0 Å². The summed E-state index contributed by atoms with van der Waals surface area (Å²) in [7, 11) is 0. The third-order valence-corrected chi connectivity index (χ3v) is 3.37. The Kier molecular flexibility index (Phi) is 4.87. The molecule has 1 aromatic carbocycles. The maximum atomic E-state index is 12.8. The standard InChI is InChI=1S/C14H19FN2O2/c15-12-5-3-11(4-6-12)9-17-7-1-2-13(10-17)16-8-14(18)19/h3-6,13,16H,1-2,7-10H2,(H,18,19). The van der Waals surface area contributed by atoms with Gasteiger partial charge in [-0.2, -0.15) is 0 Å². The number of benzene rings is 1. The molecular weight excluding hydrogens is 247 g/mol. The Labute approximate surface area is 112 Å². The summed E-state index contributed by atoms with van der Waals surface area (Å²) in [6, 6.07) is 6.76. The van der Waals surface area contributed by atoms with Gasteiger partial charge in [-0.3, -0.25) is 9.69 Å². The smallest absolute Gasteiger partial charge is 0.317 e. The zero-order valence-electron chi connectivity index (χ0n) is 10.8. The van der Waals surface area contributed by atoms with Crippen molar-refractivity contribution in [1.29, 1.82) is 0 Å². The van der Waals surface area contributed by atoms with E-state index in [0.717, 1.165) is 38.0 Å². The zero-order chi connectivity index (χ0) is 13.7. The van der Waals surface area contributed by atoms with Crippen molar-refractivity contribution in [1.82, 2.24) is 10.2 Å². The molecule has 1 atom stereocenters. The van der Waals surface area contributed by atoms with Gasteiger partial charge in [-0.05, 0) is 37.1 Å². The number of hydrogen-bond acceptors (Lipinski definition) is 3. The minimum absolute atomic E-state index is 0.00898. The lowest BCUT2D eigenvalue weighted by Gasteiger charge is -2.33. The van der Waals surface area contributed by atoms with Gasteiger partial charge >= 0.3 is 5.97 Å². The molecule has 0 aromatic heterocycles. The second-order valence-electron chi connectivity index (χ2n) is 4.98. The molecule has 1 fully saturated rings. The minimum atomic E-state index is -0.823. The van der Waals surface area contributed by atoms with Gasteiger partial charge in [0.1, 0.15) is 5.82 Å². The lowest BCUT2D eigenvalue weighted by Crippen LogP contribution is -2.46. The maximum Gasteiger partial charge on any atom is 0.317 e. The van der Waals surface area contributed by atoms with Crippen molar-refractivity contribution >= 4 is 5.97 Å². The Hall–Kier alpha value is -1.46. The highest BCUT2D eigenvalue weighted by Gasteiger charge is 2.19. The Bertz CT molecular complexity index is 422. The summed E-state index contributed by atoms with van der Waals surface area (Å²) in [5.41, 5.74) is 1.08. The number of likely N-dealkylation sites (tertiary alicyclic amines) is 1. The lowest BCUT2D eigenvalue weighted by atomic mass is 10.0. The van der Waals surface area contributed by atoms with Crippen LogP contribution in [0, 0.1) is 5.82 Å². The van der Waals surface area contributed by atoms with Crippen LogP contribution in [0.4, 0.5) is 4.39 Å². The van der Waals surface area contributed by atoms with Crippen LogP contribution in [-0.2, 0) is 11.3 Å². The molecule has 1 aromatic rings. The second kappa shape index (κ2) is 6.63. The predicted molar refractivity (Wildman–Crippen MR) is 70.3 cm³/mol. The number of rotatable bonds is 5. The molecule has 0 aliphatic carbocycles. The molecule has 1 aliphatic rings. The van der Waals surface area contributed by atoms with Crippen LogP contribution >= 0.6 is 0 Å². The van der Waals surface area contributed by atoms with Gasteiger partial charge in [0, 0.05) is 19.1 Å². The second-order valence-corrected chi connectivity index (χ2v) is 4.98. The van der Waals surface area contributed by atoms with Crippen LogP contribution in [0.25, 0.3) is 0 Å².